The van der Waals surface area contributed by atoms with Gasteiger partial charge in [0.15, 0.2) is 5.16 Å². The number of para-hydroxylation sites is 1. The van der Waals surface area contributed by atoms with Gasteiger partial charge in [-0.3, -0.25) is 14.3 Å². The number of amides is 3. The number of imidazole rings is 1. The van der Waals surface area contributed by atoms with Gasteiger partial charge in [0, 0.05) is 24.3 Å². The Hall–Kier alpha value is -3.06. The molecule has 0 atom stereocenters. The first kappa shape index (κ1) is 17.4. The quantitative estimate of drug-likeness (QED) is 0.693. The summed E-state index contributed by atoms with van der Waals surface area (Å²) in [6.07, 6.45) is 1.82. The maximum atomic E-state index is 12.4. The number of aromatic nitrogens is 2. The molecule has 2 aromatic carbocycles. The van der Waals surface area contributed by atoms with Crippen molar-refractivity contribution in [2.75, 3.05) is 18.8 Å². The van der Waals surface area contributed by atoms with Gasteiger partial charge >= 0.3 is 6.03 Å². The number of carbonyl (C=O) groups excluding carboxylic acids is 2. The number of hydrogen-bond acceptors (Lipinski definition) is 4. The fourth-order valence-corrected chi connectivity index (χ4v) is 3.86. The van der Waals surface area contributed by atoms with E-state index in [-0.39, 0.29) is 17.7 Å². The molecule has 4 rings (SSSR count). The molecule has 0 aliphatic carbocycles. The molecule has 0 saturated carbocycles. The van der Waals surface area contributed by atoms with E-state index in [1.807, 2.05) is 71.4 Å². The molecule has 1 N–H and O–H groups in total. The van der Waals surface area contributed by atoms with Crippen LogP contribution in [0.25, 0.3) is 16.9 Å². The Morgan fingerprint density at radius 2 is 1.78 bits per heavy atom. The second-order valence-corrected chi connectivity index (χ2v) is 6.97. The molecule has 1 saturated heterocycles. The largest absolute Gasteiger partial charge is 0.336 e. The molecular formula is C20H18N4O2S. The molecule has 27 heavy (non-hydrogen) atoms. The van der Waals surface area contributed by atoms with Gasteiger partial charge in [0.2, 0.25) is 5.91 Å². The highest BCUT2D eigenvalue weighted by atomic mass is 32.2. The van der Waals surface area contributed by atoms with Gasteiger partial charge in [-0.05, 0) is 12.1 Å². The van der Waals surface area contributed by atoms with E-state index in [0.717, 1.165) is 16.9 Å². The molecule has 2 heterocycles. The van der Waals surface area contributed by atoms with E-state index in [1.165, 1.54) is 16.7 Å². The predicted octanol–water partition coefficient (Wildman–Crippen LogP) is 3.18. The normalized spacial score (nSPS) is 13.6. The second kappa shape index (κ2) is 7.67. The maximum Gasteiger partial charge on any atom is 0.324 e. The Bertz CT molecular complexity index is 957. The van der Waals surface area contributed by atoms with Gasteiger partial charge in [-0.1, -0.05) is 60.3 Å². The van der Waals surface area contributed by atoms with Crippen molar-refractivity contribution in [1.29, 1.82) is 0 Å². The van der Waals surface area contributed by atoms with Gasteiger partial charge in [-0.15, -0.1) is 0 Å². The van der Waals surface area contributed by atoms with E-state index in [1.54, 1.807) is 0 Å². The number of benzene rings is 2. The lowest BCUT2D eigenvalue weighted by Gasteiger charge is -2.14. The summed E-state index contributed by atoms with van der Waals surface area (Å²) in [5, 5.41) is 3.36. The predicted molar refractivity (Wildman–Crippen MR) is 105 cm³/mol. The minimum absolute atomic E-state index is 0.158. The third kappa shape index (κ3) is 3.59. The van der Waals surface area contributed by atoms with Gasteiger partial charge in [0.25, 0.3) is 0 Å². The van der Waals surface area contributed by atoms with Crippen LogP contribution in [0.15, 0.2) is 72.0 Å². The highest BCUT2D eigenvalue weighted by Gasteiger charge is 2.26. The summed E-state index contributed by atoms with van der Waals surface area (Å²) >= 11 is 1.34. The van der Waals surface area contributed by atoms with Crippen LogP contribution in [0, 0.1) is 0 Å². The van der Waals surface area contributed by atoms with Gasteiger partial charge in [0.05, 0.1) is 17.6 Å². The van der Waals surface area contributed by atoms with Crippen molar-refractivity contribution in [2.24, 2.45) is 0 Å². The van der Waals surface area contributed by atoms with Crippen LogP contribution in [-0.4, -0.2) is 45.2 Å². The third-order valence-corrected chi connectivity index (χ3v) is 5.23. The van der Waals surface area contributed by atoms with Gasteiger partial charge in [-0.25, -0.2) is 9.78 Å². The standard InChI is InChI=1S/C20H18N4O2S/c25-18(23-12-11-21-19(23)26)14-27-20-22-13-17(15-7-3-1-4-8-15)24(20)16-9-5-2-6-10-16/h1-10,13H,11-12,14H2,(H,21,26). The van der Waals surface area contributed by atoms with Crippen molar-refractivity contribution < 1.29 is 9.59 Å². The molecule has 7 heteroatoms. The smallest absolute Gasteiger partial charge is 0.324 e. The van der Waals surface area contributed by atoms with Crippen LogP contribution >= 0.6 is 11.8 Å². The van der Waals surface area contributed by atoms with Crippen LogP contribution in [0.4, 0.5) is 4.79 Å². The molecule has 3 aromatic rings. The van der Waals surface area contributed by atoms with Crippen molar-refractivity contribution in [2.45, 2.75) is 5.16 Å². The lowest BCUT2D eigenvalue weighted by atomic mass is 10.1. The topological polar surface area (TPSA) is 67.2 Å². The number of urea groups is 1. The van der Waals surface area contributed by atoms with Crippen LogP contribution in [0.5, 0.6) is 0 Å². The molecule has 6 nitrogen and oxygen atoms in total. The fraction of sp³-hybridized carbons (Fsp3) is 0.150. The molecule has 1 aliphatic heterocycles. The minimum atomic E-state index is -0.322. The number of carbonyl (C=O) groups is 2. The van der Waals surface area contributed by atoms with Crippen LogP contribution in [-0.2, 0) is 4.79 Å². The maximum absolute atomic E-state index is 12.4. The lowest BCUT2D eigenvalue weighted by molar-refractivity contribution is -0.124. The van der Waals surface area contributed by atoms with Crippen molar-refractivity contribution in [3.8, 4) is 16.9 Å². The molecule has 1 aromatic heterocycles. The third-order valence-electron chi connectivity index (χ3n) is 4.30. The summed E-state index contributed by atoms with van der Waals surface area (Å²) < 4.78 is 2.04. The van der Waals surface area contributed by atoms with E-state index < -0.39 is 0 Å². The Morgan fingerprint density at radius 3 is 2.44 bits per heavy atom. The van der Waals surface area contributed by atoms with Crippen LogP contribution in [0.2, 0.25) is 0 Å². The van der Waals surface area contributed by atoms with Gasteiger partial charge in [-0.2, -0.15) is 0 Å². The molecule has 0 spiro atoms. The van der Waals surface area contributed by atoms with Crippen molar-refractivity contribution in [3.05, 3.63) is 66.9 Å². The van der Waals surface area contributed by atoms with E-state index >= 15 is 0 Å². The minimum Gasteiger partial charge on any atom is -0.336 e. The van der Waals surface area contributed by atoms with Gasteiger partial charge < -0.3 is 5.32 Å². The zero-order chi connectivity index (χ0) is 18.6. The summed E-state index contributed by atoms with van der Waals surface area (Å²) in [7, 11) is 0. The molecule has 1 fully saturated rings. The van der Waals surface area contributed by atoms with Crippen molar-refractivity contribution in [3.63, 3.8) is 0 Å². The summed E-state index contributed by atoms with van der Waals surface area (Å²) in [6, 6.07) is 19.6. The molecule has 0 radical (unpaired) electrons. The molecule has 1 aliphatic rings. The first-order valence-electron chi connectivity index (χ1n) is 8.63. The molecule has 3 amide bonds. The molecule has 0 unspecified atom stereocenters. The fourth-order valence-electron chi connectivity index (χ4n) is 2.99. The highest BCUT2D eigenvalue weighted by molar-refractivity contribution is 7.99. The lowest BCUT2D eigenvalue weighted by Crippen LogP contribution is -2.35. The first-order valence-corrected chi connectivity index (χ1v) is 9.62. The Kier molecular flexibility index (Phi) is 4.93. The van der Waals surface area contributed by atoms with E-state index in [9.17, 15) is 9.59 Å². The number of hydrogen-bond donors (Lipinski definition) is 1. The van der Waals surface area contributed by atoms with Crippen LogP contribution < -0.4 is 5.32 Å². The van der Waals surface area contributed by atoms with Crippen molar-refractivity contribution >= 4 is 23.7 Å². The number of nitrogens with one attached hydrogen (secondary N) is 1. The molecular weight excluding hydrogens is 360 g/mol. The number of rotatable bonds is 5. The van der Waals surface area contributed by atoms with Crippen LogP contribution in [0.3, 0.4) is 0 Å². The highest BCUT2D eigenvalue weighted by Crippen LogP contribution is 2.29. The zero-order valence-corrected chi connectivity index (χ0v) is 15.4. The average molecular weight is 378 g/mol. The van der Waals surface area contributed by atoms with Gasteiger partial charge in [0.1, 0.15) is 0 Å². The summed E-state index contributed by atoms with van der Waals surface area (Å²) in [5.74, 6) is -0.0511. The average Bonchev–Trinajstić information content (AvgIpc) is 3.33. The molecule has 0 bridgehead atoms. The second-order valence-electron chi connectivity index (χ2n) is 6.03. The number of thioether (sulfide) groups is 1. The summed E-state index contributed by atoms with van der Waals surface area (Å²) in [6.45, 7) is 0.923. The molecule has 136 valence electrons. The van der Waals surface area contributed by atoms with Crippen molar-refractivity contribution in [1.82, 2.24) is 19.8 Å². The zero-order valence-electron chi connectivity index (χ0n) is 14.5. The Balaban J connectivity index is 1.64. The first-order chi connectivity index (χ1) is 13.2. The van der Waals surface area contributed by atoms with E-state index in [4.69, 9.17) is 0 Å². The van der Waals surface area contributed by atoms with E-state index in [2.05, 4.69) is 10.3 Å². The Labute approximate surface area is 161 Å². The summed E-state index contributed by atoms with van der Waals surface area (Å²) in [5.41, 5.74) is 2.98. The number of imide groups is 1. The monoisotopic (exact) mass is 378 g/mol. The Morgan fingerprint density at radius 1 is 1.07 bits per heavy atom. The number of nitrogens with zero attached hydrogens (tertiary/aromatic N) is 3. The SMILES string of the molecule is O=C(CSc1ncc(-c2ccccc2)n1-c1ccccc1)N1CCNC1=O. The van der Waals surface area contributed by atoms with Crippen LogP contribution in [0.1, 0.15) is 0 Å². The summed E-state index contributed by atoms with van der Waals surface area (Å²) in [4.78, 5) is 29.8. The van der Waals surface area contributed by atoms with E-state index in [0.29, 0.717) is 18.2 Å².